The van der Waals surface area contributed by atoms with E-state index in [2.05, 4.69) is 15.5 Å². The van der Waals surface area contributed by atoms with Gasteiger partial charge in [0.05, 0.1) is 6.04 Å². The predicted octanol–water partition coefficient (Wildman–Crippen LogP) is 4.13. The van der Waals surface area contributed by atoms with Gasteiger partial charge in [-0.1, -0.05) is 17.7 Å². The Labute approximate surface area is 155 Å². The van der Waals surface area contributed by atoms with Crippen molar-refractivity contribution in [3.63, 3.8) is 0 Å². The standard InChI is InChI=1S/C18H19ClN4OS/c1-13(18-22-21-16-5-2-3-11-23(16)18)20-17(24)6-4-12-25-15-9-7-14(19)8-10-15/h2-3,5,7-11,13H,4,6,12H2,1H3,(H,20,24). The van der Waals surface area contributed by atoms with Crippen LogP contribution < -0.4 is 5.32 Å². The van der Waals surface area contributed by atoms with E-state index in [1.165, 1.54) is 0 Å². The van der Waals surface area contributed by atoms with Crippen LogP contribution in [0.5, 0.6) is 0 Å². The molecule has 0 radical (unpaired) electrons. The van der Waals surface area contributed by atoms with E-state index in [0.29, 0.717) is 6.42 Å². The number of fused-ring (bicyclic) bond motifs is 1. The number of nitrogens with one attached hydrogen (secondary N) is 1. The van der Waals surface area contributed by atoms with E-state index in [9.17, 15) is 4.79 Å². The Balaban J connectivity index is 1.45. The van der Waals surface area contributed by atoms with Gasteiger partial charge in [0.2, 0.25) is 5.91 Å². The molecule has 1 atom stereocenters. The van der Waals surface area contributed by atoms with Gasteiger partial charge in [0.25, 0.3) is 0 Å². The minimum Gasteiger partial charge on any atom is -0.346 e. The van der Waals surface area contributed by atoms with E-state index in [4.69, 9.17) is 11.6 Å². The highest BCUT2D eigenvalue weighted by molar-refractivity contribution is 7.99. The fourth-order valence-corrected chi connectivity index (χ4v) is 3.47. The molecular weight excluding hydrogens is 356 g/mol. The molecule has 2 heterocycles. The third kappa shape index (κ3) is 4.74. The molecule has 0 saturated heterocycles. The van der Waals surface area contributed by atoms with Crippen molar-refractivity contribution in [1.82, 2.24) is 19.9 Å². The van der Waals surface area contributed by atoms with Gasteiger partial charge in [0.1, 0.15) is 0 Å². The summed E-state index contributed by atoms with van der Waals surface area (Å²) in [4.78, 5) is 13.3. The number of hydrogen-bond donors (Lipinski definition) is 1. The molecule has 130 valence electrons. The number of pyridine rings is 1. The molecule has 0 bridgehead atoms. The smallest absolute Gasteiger partial charge is 0.220 e. The highest BCUT2D eigenvalue weighted by atomic mass is 35.5. The maximum absolute atomic E-state index is 12.1. The van der Waals surface area contributed by atoms with Gasteiger partial charge in [-0.2, -0.15) is 0 Å². The number of halogens is 1. The van der Waals surface area contributed by atoms with Crippen LogP contribution in [0.3, 0.4) is 0 Å². The Morgan fingerprint density at radius 2 is 2.04 bits per heavy atom. The van der Waals surface area contributed by atoms with Gasteiger partial charge in [-0.05, 0) is 55.5 Å². The largest absolute Gasteiger partial charge is 0.346 e. The summed E-state index contributed by atoms with van der Waals surface area (Å²) in [5, 5.41) is 12.0. The summed E-state index contributed by atoms with van der Waals surface area (Å²) in [7, 11) is 0. The Kier molecular flexibility index (Phi) is 5.94. The Bertz CT molecular complexity index is 850. The Morgan fingerprint density at radius 3 is 2.84 bits per heavy atom. The fourth-order valence-electron chi connectivity index (χ4n) is 2.49. The van der Waals surface area contributed by atoms with Crippen LogP contribution in [0.1, 0.15) is 31.6 Å². The minimum atomic E-state index is -0.186. The SMILES string of the molecule is CC(NC(=O)CCCSc1ccc(Cl)cc1)c1nnc2ccccn12. The van der Waals surface area contributed by atoms with Crippen molar-refractivity contribution >= 4 is 34.9 Å². The molecule has 25 heavy (non-hydrogen) atoms. The van der Waals surface area contributed by atoms with E-state index in [-0.39, 0.29) is 11.9 Å². The highest BCUT2D eigenvalue weighted by Gasteiger charge is 2.15. The van der Waals surface area contributed by atoms with E-state index in [0.717, 1.165) is 33.6 Å². The first-order valence-electron chi connectivity index (χ1n) is 8.11. The van der Waals surface area contributed by atoms with Gasteiger partial charge in [0, 0.05) is 22.5 Å². The number of amides is 1. The molecular formula is C18H19ClN4OS. The van der Waals surface area contributed by atoms with Crippen molar-refractivity contribution in [3.05, 3.63) is 59.5 Å². The van der Waals surface area contributed by atoms with E-state index >= 15 is 0 Å². The van der Waals surface area contributed by atoms with Crippen LogP contribution in [0.15, 0.2) is 53.6 Å². The summed E-state index contributed by atoms with van der Waals surface area (Å²) in [5.41, 5.74) is 0.776. The van der Waals surface area contributed by atoms with Crippen molar-refractivity contribution < 1.29 is 4.79 Å². The monoisotopic (exact) mass is 374 g/mol. The molecule has 0 aliphatic heterocycles. The first-order valence-corrected chi connectivity index (χ1v) is 9.47. The molecule has 0 aliphatic carbocycles. The number of nitrogens with zero attached hydrogens (tertiary/aromatic N) is 3. The maximum Gasteiger partial charge on any atom is 0.220 e. The normalized spacial score (nSPS) is 12.2. The molecule has 3 rings (SSSR count). The third-order valence-corrected chi connectivity index (χ3v) is 5.09. The van der Waals surface area contributed by atoms with Crippen molar-refractivity contribution in [2.24, 2.45) is 0 Å². The fraction of sp³-hybridized carbons (Fsp3) is 0.278. The first-order chi connectivity index (χ1) is 12.1. The molecule has 1 N–H and O–H groups in total. The summed E-state index contributed by atoms with van der Waals surface area (Å²) in [6.07, 6.45) is 3.20. The van der Waals surface area contributed by atoms with Crippen LogP contribution in [-0.2, 0) is 4.79 Å². The van der Waals surface area contributed by atoms with Gasteiger partial charge in [-0.3, -0.25) is 9.20 Å². The number of rotatable bonds is 7. The predicted molar refractivity (Wildman–Crippen MR) is 101 cm³/mol. The van der Waals surface area contributed by atoms with E-state index in [1.54, 1.807) is 11.8 Å². The van der Waals surface area contributed by atoms with Crippen LogP contribution in [0.25, 0.3) is 5.65 Å². The first kappa shape index (κ1) is 17.8. The van der Waals surface area contributed by atoms with Crippen LogP contribution in [-0.4, -0.2) is 26.3 Å². The second-order valence-corrected chi connectivity index (χ2v) is 7.29. The van der Waals surface area contributed by atoms with Crippen LogP contribution >= 0.6 is 23.4 Å². The van der Waals surface area contributed by atoms with E-state index in [1.807, 2.05) is 60.0 Å². The zero-order valence-corrected chi connectivity index (χ0v) is 15.4. The van der Waals surface area contributed by atoms with Crippen molar-refractivity contribution in [3.8, 4) is 0 Å². The van der Waals surface area contributed by atoms with Crippen molar-refractivity contribution in [2.45, 2.75) is 30.7 Å². The quantitative estimate of drug-likeness (QED) is 0.499. The average molecular weight is 375 g/mol. The molecule has 1 aromatic carbocycles. The molecule has 0 aliphatic rings. The van der Waals surface area contributed by atoms with Gasteiger partial charge in [-0.25, -0.2) is 0 Å². The zero-order valence-electron chi connectivity index (χ0n) is 13.9. The number of aromatic nitrogens is 3. The number of hydrogen-bond acceptors (Lipinski definition) is 4. The topological polar surface area (TPSA) is 59.3 Å². The number of carbonyl (C=O) groups excluding carboxylic acids is 1. The van der Waals surface area contributed by atoms with Crippen LogP contribution in [0.2, 0.25) is 5.02 Å². The molecule has 7 heteroatoms. The molecule has 1 amide bonds. The lowest BCUT2D eigenvalue weighted by atomic mass is 10.2. The lowest BCUT2D eigenvalue weighted by Crippen LogP contribution is -2.27. The maximum atomic E-state index is 12.1. The van der Waals surface area contributed by atoms with Crippen molar-refractivity contribution in [1.29, 1.82) is 0 Å². The van der Waals surface area contributed by atoms with Gasteiger partial charge < -0.3 is 5.32 Å². The highest BCUT2D eigenvalue weighted by Crippen LogP contribution is 2.21. The molecule has 1 unspecified atom stereocenters. The number of carbonyl (C=O) groups is 1. The third-order valence-electron chi connectivity index (χ3n) is 3.74. The molecule has 0 saturated carbocycles. The number of benzene rings is 1. The Morgan fingerprint density at radius 1 is 1.24 bits per heavy atom. The lowest BCUT2D eigenvalue weighted by molar-refractivity contribution is -0.121. The van der Waals surface area contributed by atoms with Gasteiger partial charge >= 0.3 is 0 Å². The minimum absolute atomic E-state index is 0.0249. The summed E-state index contributed by atoms with van der Waals surface area (Å²) < 4.78 is 1.89. The van der Waals surface area contributed by atoms with Crippen LogP contribution in [0.4, 0.5) is 0 Å². The molecule has 5 nitrogen and oxygen atoms in total. The van der Waals surface area contributed by atoms with Gasteiger partial charge in [-0.15, -0.1) is 22.0 Å². The Hall–Kier alpha value is -2.05. The zero-order chi connectivity index (χ0) is 17.6. The average Bonchev–Trinajstić information content (AvgIpc) is 3.04. The molecule has 3 aromatic rings. The second-order valence-electron chi connectivity index (χ2n) is 5.68. The second kappa shape index (κ2) is 8.36. The van der Waals surface area contributed by atoms with E-state index < -0.39 is 0 Å². The number of thioether (sulfide) groups is 1. The summed E-state index contributed by atoms with van der Waals surface area (Å²) in [5.74, 6) is 1.65. The summed E-state index contributed by atoms with van der Waals surface area (Å²) in [6.45, 7) is 1.92. The molecule has 2 aromatic heterocycles. The lowest BCUT2D eigenvalue weighted by Gasteiger charge is -2.12. The van der Waals surface area contributed by atoms with Crippen molar-refractivity contribution in [2.75, 3.05) is 5.75 Å². The summed E-state index contributed by atoms with van der Waals surface area (Å²) in [6, 6.07) is 13.3. The summed E-state index contributed by atoms with van der Waals surface area (Å²) >= 11 is 7.59. The van der Waals surface area contributed by atoms with Crippen LogP contribution in [0, 0.1) is 0 Å². The molecule has 0 fully saturated rings. The molecule has 0 spiro atoms. The van der Waals surface area contributed by atoms with Gasteiger partial charge in [0.15, 0.2) is 11.5 Å².